The largest absolute Gasteiger partial charge is 0.466 e. The van der Waals surface area contributed by atoms with Crippen LogP contribution in [0.25, 0.3) is 0 Å². The fourth-order valence-corrected chi connectivity index (χ4v) is 2.88. The summed E-state index contributed by atoms with van der Waals surface area (Å²) in [4.78, 5) is 15.8. The average Bonchev–Trinajstić information content (AvgIpc) is 3.17. The Hall–Kier alpha value is -1.34. The Labute approximate surface area is 164 Å². The molecule has 1 rings (SSSR count). The zero-order valence-corrected chi connectivity index (χ0v) is 17.3. The molecule has 27 heavy (non-hydrogen) atoms. The zero-order chi connectivity index (χ0) is 19.6. The third-order valence-electron chi connectivity index (χ3n) is 4.29. The Balaban J connectivity index is 1.99. The molecular formula is C20H39N3O4. The van der Waals surface area contributed by atoms with Crippen molar-refractivity contribution in [2.45, 2.75) is 71.3 Å². The molecule has 1 fully saturated rings. The molecule has 7 heteroatoms. The number of hydrogen-bond donors (Lipinski definition) is 2. The van der Waals surface area contributed by atoms with Crippen LogP contribution in [0, 0.1) is 0 Å². The highest BCUT2D eigenvalue weighted by Gasteiger charge is 2.14. The smallest absolute Gasteiger partial charge is 0.305 e. The second-order valence-corrected chi connectivity index (χ2v) is 6.72. The van der Waals surface area contributed by atoms with Crippen LogP contribution in [-0.2, 0) is 19.0 Å². The van der Waals surface area contributed by atoms with Gasteiger partial charge in [-0.2, -0.15) is 0 Å². The molecule has 0 bridgehead atoms. The third-order valence-corrected chi connectivity index (χ3v) is 4.29. The maximum Gasteiger partial charge on any atom is 0.305 e. The monoisotopic (exact) mass is 385 g/mol. The average molecular weight is 386 g/mol. The van der Waals surface area contributed by atoms with Crippen LogP contribution < -0.4 is 10.6 Å². The van der Waals surface area contributed by atoms with Crippen LogP contribution in [-0.4, -0.2) is 64.1 Å². The molecule has 0 amide bonds. The summed E-state index contributed by atoms with van der Waals surface area (Å²) in [6, 6.07) is 0. The number of unbranched alkanes of at least 4 members (excludes halogenated alkanes) is 3. The Morgan fingerprint density at radius 2 is 2.00 bits per heavy atom. The topological polar surface area (TPSA) is 81.2 Å². The molecule has 7 nitrogen and oxygen atoms in total. The highest BCUT2D eigenvalue weighted by molar-refractivity contribution is 5.79. The van der Waals surface area contributed by atoms with Gasteiger partial charge in [0.05, 0.1) is 19.3 Å². The normalized spacial score (nSPS) is 17.1. The molecule has 0 spiro atoms. The van der Waals surface area contributed by atoms with Crippen molar-refractivity contribution in [1.29, 1.82) is 0 Å². The van der Waals surface area contributed by atoms with E-state index in [1.807, 2.05) is 6.92 Å². The molecule has 1 unspecified atom stereocenters. The van der Waals surface area contributed by atoms with E-state index in [0.717, 1.165) is 83.8 Å². The van der Waals surface area contributed by atoms with E-state index >= 15 is 0 Å². The molecule has 2 N–H and O–H groups in total. The fraction of sp³-hybridized carbons (Fsp3) is 0.900. The summed E-state index contributed by atoms with van der Waals surface area (Å²) in [5.74, 6) is 0.778. The lowest BCUT2D eigenvalue weighted by molar-refractivity contribution is -0.143. The van der Waals surface area contributed by atoms with Gasteiger partial charge in [0.25, 0.3) is 0 Å². The summed E-state index contributed by atoms with van der Waals surface area (Å²) < 4.78 is 16.1. The van der Waals surface area contributed by atoms with Gasteiger partial charge in [-0.3, -0.25) is 9.79 Å². The Morgan fingerprint density at radius 3 is 2.74 bits per heavy atom. The molecule has 1 heterocycles. The minimum Gasteiger partial charge on any atom is -0.466 e. The van der Waals surface area contributed by atoms with E-state index in [0.29, 0.717) is 25.7 Å². The second-order valence-electron chi connectivity index (χ2n) is 6.72. The van der Waals surface area contributed by atoms with Gasteiger partial charge < -0.3 is 24.8 Å². The van der Waals surface area contributed by atoms with Gasteiger partial charge in [-0.15, -0.1) is 0 Å². The van der Waals surface area contributed by atoms with Crippen molar-refractivity contribution in [2.24, 2.45) is 4.99 Å². The minimum absolute atomic E-state index is 0.0862. The van der Waals surface area contributed by atoms with E-state index in [-0.39, 0.29) is 5.97 Å². The lowest BCUT2D eigenvalue weighted by Gasteiger charge is -2.12. The van der Waals surface area contributed by atoms with Gasteiger partial charge in [-0.25, -0.2) is 0 Å². The fourth-order valence-electron chi connectivity index (χ4n) is 2.88. The Bertz CT molecular complexity index is 399. The summed E-state index contributed by atoms with van der Waals surface area (Å²) in [6.07, 6.45) is 8.13. The van der Waals surface area contributed by atoms with Crippen molar-refractivity contribution in [2.75, 3.05) is 46.1 Å². The minimum atomic E-state index is -0.0862. The number of guanidine groups is 1. The van der Waals surface area contributed by atoms with Gasteiger partial charge in [0, 0.05) is 39.3 Å². The number of hydrogen-bond acceptors (Lipinski definition) is 5. The highest BCUT2D eigenvalue weighted by Crippen LogP contribution is 2.11. The lowest BCUT2D eigenvalue weighted by Crippen LogP contribution is -2.37. The van der Waals surface area contributed by atoms with Crippen molar-refractivity contribution in [3.05, 3.63) is 0 Å². The molecule has 0 saturated carbocycles. The molecule has 1 aliphatic rings. The SMILES string of the molecule is CCNC(=NCCCOCC1CCCO1)NCCCCCCC(=O)OCC. The van der Waals surface area contributed by atoms with Gasteiger partial charge >= 0.3 is 5.97 Å². The van der Waals surface area contributed by atoms with Crippen LogP contribution in [0.3, 0.4) is 0 Å². The van der Waals surface area contributed by atoms with Crippen LogP contribution in [0.4, 0.5) is 0 Å². The molecular weight excluding hydrogens is 346 g/mol. The first-order valence-corrected chi connectivity index (χ1v) is 10.6. The van der Waals surface area contributed by atoms with Gasteiger partial charge in [0.2, 0.25) is 0 Å². The first-order chi connectivity index (χ1) is 13.3. The number of esters is 1. The number of carbonyl (C=O) groups is 1. The van der Waals surface area contributed by atoms with Crippen molar-refractivity contribution < 1.29 is 19.0 Å². The van der Waals surface area contributed by atoms with E-state index in [2.05, 4.69) is 22.5 Å². The van der Waals surface area contributed by atoms with Gasteiger partial charge in [-0.1, -0.05) is 12.8 Å². The Kier molecular flexibility index (Phi) is 14.8. The molecule has 0 aromatic rings. The first kappa shape index (κ1) is 23.7. The number of aliphatic imine (C=N–C) groups is 1. The lowest BCUT2D eigenvalue weighted by atomic mass is 10.1. The van der Waals surface area contributed by atoms with Gasteiger partial charge in [0.15, 0.2) is 5.96 Å². The number of nitrogens with one attached hydrogen (secondary N) is 2. The van der Waals surface area contributed by atoms with Crippen molar-refractivity contribution in [3.63, 3.8) is 0 Å². The van der Waals surface area contributed by atoms with Crippen LogP contribution in [0.2, 0.25) is 0 Å². The molecule has 1 saturated heterocycles. The summed E-state index contributed by atoms with van der Waals surface area (Å²) >= 11 is 0. The standard InChI is InChI=1S/C20H39N3O4/c1-3-21-20(22-13-8-6-5-7-12-19(24)26-4-2)23-14-10-15-25-17-18-11-9-16-27-18/h18H,3-17H2,1-2H3,(H2,21,22,23). The molecule has 0 aromatic carbocycles. The third kappa shape index (κ3) is 13.5. The summed E-state index contributed by atoms with van der Waals surface area (Å²) in [5.41, 5.74) is 0. The quantitative estimate of drug-likeness (QED) is 0.195. The second kappa shape index (κ2) is 16.8. The van der Waals surface area contributed by atoms with E-state index in [4.69, 9.17) is 14.2 Å². The van der Waals surface area contributed by atoms with Crippen molar-refractivity contribution >= 4 is 11.9 Å². The predicted octanol–water partition coefficient (Wildman–Crippen LogP) is 2.64. The van der Waals surface area contributed by atoms with E-state index in [9.17, 15) is 4.79 Å². The van der Waals surface area contributed by atoms with E-state index in [1.165, 1.54) is 0 Å². The molecule has 158 valence electrons. The summed E-state index contributed by atoms with van der Waals surface area (Å²) in [5, 5.41) is 6.63. The van der Waals surface area contributed by atoms with Crippen molar-refractivity contribution in [3.8, 4) is 0 Å². The Morgan fingerprint density at radius 1 is 1.15 bits per heavy atom. The van der Waals surface area contributed by atoms with Crippen LogP contribution >= 0.6 is 0 Å². The summed E-state index contributed by atoms with van der Waals surface area (Å²) in [7, 11) is 0. The molecule has 0 radical (unpaired) electrons. The van der Waals surface area contributed by atoms with Crippen molar-refractivity contribution in [1.82, 2.24) is 10.6 Å². The number of nitrogens with zero attached hydrogens (tertiary/aromatic N) is 1. The molecule has 1 aliphatic heterocycles. The van der Waals surface area contributed by atoms with Gasteiger partial charge in [-0.05, 0) is 46.0 Å². The molecule has 0 aromatic heterocycles. The molecule has 1 atom stereocenters. The zero-order valence-electron chi connectivity index (χ0n) is 17.3. The maximum absolute atomic E-state index is 11.3. The summed E-state index contributed by atoms with van der Waals surface area (Å²) in [6.45, 7) is 9.17. The molecule has 0 aliphatic carbocycles. The first-order valence-electron chi connectivity index (χ1n) is 10.6. The van der Waals surface area contributed by atoms with E-state index in [1.54, 1.807) is 0 Å². The highest BCUT2D eigenvalue weighted by atomic mass is 16.5. The van der Waals surface area contributed by atoms with Crippen LogP contribution in [0.5, 0.6) is 0 Å². The van der Waals surface area contributed by atoms with Crippen LogP contribution in [0.1, 0.15) is 65.2 Å². The number of rotatable bonds is 15. The predicted molar refractivity (Wildman–Crippen MR) is 108 cm³/mol. The van der Waals surface area contributed by atoms with Gasteiger partial charge in [0.1, 0.15) is 0 Å². The number of ether oxygens (including phenoxy) is 3. The van der Waals surface area contributed by atoms with Crippen LogP contribution in [0.15, 0.2) is 4.99 Å². The maximum atomic E-state index is 11.3. The van der Waals surface area contributed by atoms with E-state index < -0.39 is 0 Å². The number of carbonyl (C=O) groups excluding carboxylic acids is 1.